The Bertz CT molecular complexity index is 2970. The number of aromatic nitrogens is 6. The molecule has 0 saturated carbocycles. The minimum Gasteiger partial charge on any atom is -0.464 e. The van der Waals surface area contributed by atoms with Crippen LogP contribution in [0.2, 0.25) is 0 Å². The Morgan fingerprint density at radius 2 is 0.870 bits per heavy atom. The van der Waals surface area contributed by atoms with E-state index in [2.05, 4.69) is 31.9 Å². The van der Waals surface area contributed by atoms with Gasteiger partial charge in [0.15, 0.2) is 5.78 Å². The molecular weight excluding hydrogens is 893 g/mol. The first-order chi connectivity index (χ1) is 32.6. The van der Waals surface area contributed by atoms with Crippen LogP contribution in [0.3, 0.4) is 0 Å². The summed E-state index contributed by atoms with van der Waals surface area (Å²) in [4.78, 5) is 106. The first-order valence-electron chi connectivity index (χ1n) is 21.5. The fourth-order valence-electron chi connectivity index (χ4n) is 7.42. The van der Waals surface area contributed by atoms with Crippen LogP contribution in [-0.2, 0) is 51.8 Å². The summed E-state index contributed by atoms with van der Waals surface area (Å²) in [5.74, 6) is -3.83. The number of carbonyl (C=O) groups is 8. The predicted octanol–water partition coefficient (Wildman–Crippen LogP) is 2.73. The standard InChI is InChI=1S/C46H56N14O9/c1-54(2)12-10-11-39(61)26-13-33(55(3)20-26)42(64)50-29-16-36(58(6)23-29)44(66)51-28-14-34(56(4)22-28)41(63)48-19-32(47)40(62)49-27-15-35(57(5)21-27)43(65)52-30-17-37(59(7)24-30)45(67)53-31-18-38(46(68)69-9)60(8)25-31/h13-18,20-25,32H,10-12,19,47H2,1-9H3,(H,48,63)(H,49,62)(H,50,64)(H,51,66)(H,52,65)(H,53,67)/t32-/m0/s1. The highest BCUT2D eigenvalue weighted by molar-refractivity contribution is 6.09. The van der Waals surface area contributed by atoms with E-state index < -0.39 is 47.5 Å². The maximum atomic E-state index is 13.3. The van der Waals surface area contributed by atoms with E-state index in [0.717, 1.165) is 6.54 Å². The fourth-order valence-corrected chi connectivity index (χ4v) is 7.42. The van der Waals surface area contributed by atoms with E-state index in [4.69, 9.17) is 10.5 Å². The number of amides is 6. The van der Waals surface area contributed by atoms with E-state index in [1.165, 1.54) is 72.7 Å². The number of aryl methyl sites for hydroxylation is 6. The van der Waals surface area contributed by atoms with Crippen molar-refractivity contribution in [2.24, 2.45) is 48.0 Å². The number of esters is 1. The third-order valence-corrected chi connectivity index (χ3v) is 11.0. The highest BCUT2D eigenvalue weighted by Gasteiger charge is 2.23. The SMILES string of the molecule is COC(=O)c1cc(NC(=O)c2cc(NC(=O)c3cc(NC(=O)[C@@H](N)CNC(=O)c4cc(NC(=O)c5cc(NC(=O)c6cc(C(=O)CCCN(C)C)cn6C)cn5C)cn4C)cn3C)cn2C)cn1C. The summed E-state index contributed by atoms with van der Waals surface area (Å²) in [7, 11) is 14.9. The van der Waals surface area contributed by atoms with Crippen molar-refractivity contribution < 1.29 is 43.1 Å². The van der Waals surface area contributed by atoms with Gasteiger partial charge in [-0.05, 0) is 63.5 Å². The summed E-state index contributed by atoms with van der Waals surface area (Å²) in [6, 6.07) is 7.71. The molecule has 0 radical (unpaired) electrons. The zero-order valence-electron chi connectivity index (χ0n) is 39.7. The second-order valence-electron chi connectivity index (χ2n) is 16.8. The lowest BCUT2D eigenvalue weighted by atomic mass is 10.1. The van der Waals surface area contributed by atoms with Gasteiger partial charge in [0, 0.05) is 98.0 Å². The molecule has 364 valence electrons. The zero-order valence-corrected chi connectivity index (χ0v) is 39.7. The quantitative estimate of drug-likeness (QED) is 0.0458. The average Bonchev–Trinajstić information content (AvgIpc) is 4.15. The Morgan fingerprint density at radius 3 is 1.28 bits per heavy atom. The zero-order chi connectivity index (χ0) is 50.4. The van der Waals surface area contributed by atoms with Crippen molar-refractivity contribution in [2.45, 2.75) is 18.9 Å². The highest BCUT2D eigenvalue weighted by atomic mass is 16.5. The van der Waals surface area contributed by atoms with Crippen LogP contribution in [0.5, 0.6) is 0 Å². The second-order valence-corrected chi connectivity index (χ2v) is 16.8. The highest BCUT2D eigenvalue weighted by Crippen LogP contribution is 2.22. The molecule has 0 spiro atoms. The van der Waals surface area contributed by atoms with E-state index in [9.17, 15) is 38.4 Å². The molecule has 23 nitrogen and oxygen atoms in total. The van der Waals surface area contributed by atoms with Crippen LogP contribution in [0.25, 0.3) is 0 Å². The van der Waals surface area contributed by atoms with E-state index in [0.29, 0.717) is 41.2 Å². The van der Waals surface area contributed by atoms with Crippen molar-refractivity contribution in [3.8, 4) is 0 Å². The summed E-state index contributed by atoms with van der Waals surface area (Å²) in [5, 5.41) is 16.3. The van der Waals surface area contributed by atoms with Gasteiger partial charge < -0.3 is 74.7 Å². The van der Waals surface area contributed by atoms with Crippen molar-refractivity contribution in [1.82, 2.24) is 37.6 Å². The van der Waals surface area contributed by atoms with Gasteiger partial charge in [-0.25, -0.2) is 4.79 Å². The largest absolute Gasteiger partial charge is 0.464 e. The molecule has 69 heavy (non-hydrogen) atoms. The lowest BCUT2D eigenvalue weighted by molar-refractivity contribution is -0.117. The molecule has 0 fully saturated rings. The first kappa shape index (κ1) is 50.0. The molecule has 6 rings (SSSR count). The van der Waals surface area contributed by atoms with Crippen molar-refractivity contribution in [3.05, 3.63) is 113 Å². The van der Waals surface area contributed by atoms with E-state index in [1.54, 1.807) is 77.7 Å². The lowest BCUT2D eigenvalue weighted by Gasteiger charge is -2.12. The summed E-state index contributed by atoms with van der Waals surface area (Å²) in [6.07, 6.45) is 10.4. The molecule has 6 amide bonds. The monoisotopic (exact) mass is 948 g/mol. The molecule has 6 aromatic rings. The number of ketones is 1. The third kappa shape index (κ3) is 11.9. The number of nitrogens with one attached hydrogen (secondary N) is 6. The van der Waals surface area contributed by atoms with Gasteiger partial charge in [-0.15, -0.1) is 0 Å². The number of nitrogens with two attached hydrogens (primary N) is 1. The minimum atomic E-state index is -1.20. The first-order valence-corrected chi connectivity index (χ1v) is 21.5. The van der Waals surface area contributed by atoms with Crippen LogP contribution in [0.4, 0.5) is 28.4 Å². The minimum absolute atomic E-state index is 0.0562. The number of methoxy groups -OCH3 is 1. The molecule has 0 saturated heterocycles. The van der Waals surface area contributed by atoms with Gasteiger partial charge >= 0.3 is 5.97 Å². The Kier molecular flexibility index (Phi) is 15.2. The van der Waals surface area contributed by atoms with Crippen LogP contribution in [0.1, 0.15) is 86.1 Å². The molecule has 0 aromatic carbocycles. The van der Waals surface area contributed by atoms with E-state index >= 15 is 0 Å². The van der Waals surface area contributed by atoms with Crippen LogP contribution >= 0.6 is 0 Å². The number of ether oxygens (including phenoxy) is 1. The number of anilines is 5. The molecular formula is C46H56N14O9. The van der Waals surface area contributed by atoms with Gasteiger partial charge in [0.2, 0.25) is 5.91 Å². The number of carbonyl (C=O) groups excluding carboxylic acids is 8. The maximum Gasteiger partial charge on any atom is 0.354 e. The molecule has 0 bridgehead atoms. The lowest BCUT2D eigenvalue weighted by Crippen LogP contribution is -2.45. The van der Waals surface area contributed by atoms with Crippen molar-refractivity contribution >= 4 is 75.6 Å². The Hall–Kier alpha value is -8.44. The topological polar surface area (TPSA) is 277 Å². The van der Waals surface area contributed by atoms with Gasteiger partial charge in [0.05, 0.1) is 35.5 Å². The van der Waals surface area contributed by atoms with Crippen LogP contribution < -0.4 is 37.6 Å². The van der Waals surface area contributed by atoms with Crippen molar-refractivity contribution in [2.75, 3.05) is 60.9 Å². The van der Waals surface area contributed by atoms with Crippen LogP contribution in [-0.4, -0.2) is 120 Å². The smallest absolute Gasteiger partial charge is 0.354 e. The molecule has 8 N–H and O–H groups in total. The second kappa shape index (κ2) is 21.0. The molecule has 0 unspecified atom stereocenters. The van der Waals surface area contributed by atoms with Gasteiger partial charge in [-0.1, -0.05) is 0 Å². The van der Waals surface area contributed by atoms with E-state index in [-0.39, 0.29) is 52.2 Å². The Balaban J connectivity index is 0.978. The summed E-state index contributed by atoms with van der Waals surface area (Å²) < 4.78 is 13.9. The normalized spacial score (nSPS) is 11.5. The summed E-state index contributed by atoms with van der Waals surface area (Å²) in [6.45, 7) is 0.514. The number of hydrogen-bond acceptors (Lipinski definition) is 11. The molecule has 6 aromatic heterocycles. The van der Waals surface area contributed by atoms with Gasteiger partial charge in [-0.2, -0.15) is 0 Å². The fraction of sp³-hybridized carbons (Fsp3) is 0.304. The Labute approximate surface area is 396 Å². The van der Waals surface area contributed by atoms with Gasteiger partial charge in [-0.3, -0.25) is 33.6 Å². The predicted molar refractivity (Wildman–Crippen MR) is 257 cm³/mol. The molecule has 0 aliphatic carbocycles. The van der Waals surface area contributed by atoms with Crippen LogP contribution in [0.15, 0.2) is 73.6 Å². The molecule has 6 heterocycles. The maximum absolute atomic E-state index is 13.3. The molecule has 0 aliphatic heterocycles. The third-order valence-electron chi connectivity index (χ3n) is 11.0. The molecule has 1 atom stereocenters. The van der Waals surface area contributed by atoms with Crippen molar-refractivity contribution in [3.63, 3.8) is 0 Å². The number of Topliss-reactive ketones (excluding diaryl/α,β-unsaturated/α-hetero) is 1. The van der Waals surface area contributed by atoms with E-state index in [1.807, 2.05) is 19.0 Å². The summed E-state index contributed by atoms with van der Waals surface area (Å²) >= 11 is 0. The van der Waals surface area contributed by atoms with Gasteiger partial charge in [0.25, 0.3) is 29.5 Å². The average molecular weight is 949 g/mol. The molecule has 0 aliphatic rings. The van der Waals surface area contributed by atoms with Crippen molar-refractivity contribution in [1.29, 1.82) is 0 Å². The Morgan fingerprint density at radius 1 is 0.522 bits per heavy atom. The van der Waals surface area contributed by atoms with Crippen LogP contribution in [0, 0.1) is 0 Å². The number of rotatable bonds is 19. The van der Waals surface area contributed by atoms with Gasteiger partial charge in [0.1, 0.15) is 40.2 Å². The number of hydrogen-bond donors (Lipinski definition) is 7. The number of nitrogens with zero attached hydrogens (tertiary/aromatic N) is 7. The summed E-state index contributed by atoms with van der Waals surface area (Å²) in [5.41, 5.74) is 9.47. The molecule has 23 heteroatoms.